The molecule has 1 aromatic carbocycles. The van der Waals surface area contributed by atoms with Crippen molar-refractivity contribution >= 4 is 17.4 Å². The quantitative estimate of drug-likeness (QED) is 0.922. The van der Waals surface area contributed by atoms with Gasteiger partial charge in [0.25, 0.3) is 0 Å². The highest BCUT2D eigenvalue weighted by atomic mass is 35.5. The third-order valence-corrected chi connectivity index (χ3v) is 2.69. The number of nitriles is 1. The number of halogens is 2. The van der Waals surface area contributed by atoms with Gasteiger partial charge >= 0.3 is 0 Å². The van der Waals surface area contributed by atoms with Gasteiger partial charge in [-0.15, -0.1) is 0 Å². The Morgan fingerprint density at radius 2 is 2.22 bits per heavy atom. The second-order valence-electron chi connectivity index (χ2n) is 3.61. The molecule has 1 heterocycles. The van der Waals surface area contributed by atoms with Gasteiger partial charge in [0, 0.05) is 18.3 Å². The molecule has 0 spiro atoms. The molecule has 0 amide bonds. The Labute approximate surface area is 109 Å². The second-order valence-corrected chi connectivity index (χ2v) is 4.01. The fourth-order valence-corrected chi connectivity index (χ4v) is 1.64. The van der Waals surface area contributed by atoms with Crippen LogP contribution in [0.3, 0.4) is 0 Å². The van der Waals surface area contributed by atoms with Gasteiger partial charge in [-0.25, -0.2) is 9.37 Å². The Bertz CT molecular complexity index is 607. The Hall–Kier alpha value is -2.12. The molecule has 0 atom stereocenters. The van der Waals surface area contributed by atoms with Crippen molar-refractivity contribution in [2.45, 2.75) is 6.54 Å². The maximum Gasteiger partial charge on any atom is 0.145 e. The zero-order chi connectivity index (χ0) is 13.0. The van der Waals surface area contributed by atoms with Crippen LogP contribution in [0.25, 0.3) is 0 Å². The molecule has 0 unspecified atom stereocenters. The van der Waals surface area contributed by atoms with Crippen molar-refractivity contribution in [1.82, 2.24) is 4.98 Å². The molecule has 2 aromatic rings. The number of hydrogen-bond donors (Lipinski definition) is 1. The summed E-state index contributed by atoms with van der Waals surface area (Å²) in [6, 6.07) is 9.64. The summed E-state index contributed by atoms with van der Waals surface area (Å²) < 4.78 is 13.6. The summed E-state index contributed by atoms with van der Waals surface area (Å²) in [6.07, 6.45) is 1.60. The molecule has 0 bridgehead atoms. The van der Waals surface area contributed by atoms with Crippen LogP contribution in [0.5, 0.6) is 0 Å². The minimum Gasteiger partial charge on any atom is -0.365 e. The van der Waals surface area contributed by atoms with Gasteiger partial charge < -0.3 is 5.32 Å². The number of nitrogens with one attached hydrogen (secondary N) is 1. The van der Waals surface area contributed by atoms with Gasteiger partial charge in [-0.2, -0.15) is 5.26 Å². The van der Waals surface area contributed by atoms with Crippen molar-refractivity contribution in [3.63, 3.8) is 0 Å². The van der Waals surface area contributed by atoms with Crippen LogP contribution in [0.4, 0.5) is 10.2 Å². The van der Waals surface area contributed by atoms with Crippen LogP contribution < -0.4 is 5.32 Å². The molecule has 0 fully saturated rings. The maximum atomic E-state index is 13.6. The molecule has 0 aliphatic carbocycles. The smallest absolute Gasteiger partial charge is 0.145 e. The van der Waals surface area contributed by atoms with Crippen molar-refractivity contribution < 1.29 is 4.39 Å². The first-order valence-corrected chi connectivity index (χ1v) is 5.61. The zero-order valence-electron chi connectivity index (χ0n) is 9.32. The summed E-state index contributed by atoms with van der Waals surface area (Å²) in [5, 5.41) is 12.1. The zero-order valence-corrected chi connectivity index (χ0v) is 10.1. The molecule has 18 heavy (non-hydrogen) atoms. The summed E-state index contributed by atoms with van der Waals surface area (Å²) in [6.45, 7) is 0.258. The van der Waals surface area contributed by atoms with Crippen LogP contribution in [0.2, 0.25) is 5.02 Å². The molecular weight excluding hydrogens is 253 g/mol. The van der Waals surface area contributed by atoms with E-state index in [-0.39, 0.29) is 6.54 Å². The summed E-state index contributed by atoms with van der Waals surface area (Å²) in [4.78, 5) is 4.04. The van der Waals surface area contributed by atoms with E-state index in [1.54, 1.807) is 30.5 Å². The van der Waals surface area contributed by atoms with Gasteiger partial charge in [0.1, 0.15) is 11.6 Å². The number of rotatable bonds is 3. The molecule has 1 aromatic heterocycles. The number of aromatic nitrogens is 1. The van der Waals surface area contributed by atoms with Crippen molar-refractivity contribution in [3.05, 3.63) is 58.5 Å². The van der Waals surface area contributed by atoms with E-state index in [0.29, 0.717) is 22.0 Å². The lowest BCUT2D eigenvalue weighted by molar-refractivity contribution is 0.612. The van der Waals surface area contributed by atoms with Crippen LogP contribution in [-0.2, 0) is 6.54 Å². The van der Waals surface area contributed by atoms with E-state index in [0.717, 1.165) is 0 Å². The van der Waals surface area contributed by atoms with E-state index >= 15 is 0 Å². The lowest BCUT2D eigenvalue weighted by Crippen LogP contribution is -2.03. The molecule has 1 N–H and O–H groups in total. The SMILES string of the molecule is N#Cc1ccc(CNc2ncccc2Cl)c(F)c1. The highest BCUT2D eigenvalue weighted by molar-refractivity contribution is 6.32. The summed E-state index contributed by atoms with van der Waals surface area (Å²) in [5.74, 6) is 0.0801. The largest absolute Gasteiger partial charge is 0.365 e. The van der Waals surface area contributed by atoms with Crippen molar-refractivity contribution in [3.8, 4) is 6.07 Å². The van der Waals surface area contributed by atoms with E-state index in [2.05, 4.69) is 10.3 Å². The number of benzene rings is 1. The van der Waals surface area contributed by atoms with Crippen LogP contribution >= 0.6 is 11.6 Å². The average molecular weight is 262 g/mol. The Morgan fingerprint density at radius 3 is 2.89 bits per heavy atom. The average Bonchev–Trinajstić information content (AvgIpc) is 2.39. The molecule has 0 saturated carbocycles. The van der Waals surface area contributed by atoms with Gasteiger partial charge in [-0.1, -0.05) is 17.7 Å². The highest BCUT2D eigenvalue weighted by Gasteiger charge is 2.05. The van der Waals surface area contributed by atoms with Gasteiger partial charge in [-0.05, 0) is 24.3 Å². The lowest BCUT2D eigenvalue weighted by Gasteiger charge is -2.08. The summed E-state index contributed by atoms with van der Waals surface area (Å²) in [5.41, 5.74) is 0.753. The van der Waals surface area contributed by atoms with E-state index in [1.165, 1.54) is 6.07 Å². The van der Waals surface area contributed by atoms with Gasteiger partial charge in [-0.3, -0.25) is 0 Å². The molecule has 0 radical (unpaired) electrons. The minimum absolute atomic E-state index is 0.258. The van der Waals surface area contributed by atoms with Crippen LogP contribution in [0, 0.1) is 17.1 Å². The molecule has 0 aliphatic heterocycles. The fourth-order valence-electron chi connectivity index (χ4n) is 1.45. The van der Waals surface area contributed by atoms with Gasteiger partial charge in [0.2, 0.25) is 0 Å². The summed E-state index contributed by atoms with van der Waals surface area (Å²) in [7, 11) is 0. The number of pyridine rings is 1. The molecule has 0 saturated heterocycles. The normalized spacial score (nSPS) is 9.83. The van der Waals surface area contributed by atoms with Crippen molar-refractivity contribution in [2.75, 3.05) is 5.32 Å². The fraction of sp³-hybridized carbons (Fsp3) is 0.0769. The number of nitrogens with zero attached hydrogens (tertiary/aromatic N) is 2. The van der Waals surface area contributed by atoms with E-state index in [1.807, 2.05) is 6.07 Å². The summed E-state index contributed by atoms with van der Waals surface area (Å²) >= 11 is 5.92. The van der Waals surface area contributed by atoms with E-state index in [9.17, 15) is 4.39 Å². The van der Waals surface area contributed by atoms with Crippen molar-refractivity contribution in [2.24, 2.45) is 0 Å². The van der Waals surface area contributed by atoms with E-state index < -0.39 is 5.82 Å². The third kappa shape index (κ3) is 2.76. The van der Waals surface area contributed by atoms with Crippen LogP contribution in [0.1, 0.15) is 11.1 Å². The number of anilines is 1. The Morgan fingerprint density at radius 1 is 1.39 bits per heavy atom. The van der Waals surface area contributed by atoms with Crippen LogP contribution in [-0.4, -0.2) is 4.98 Å². The lowest BCUT2D eigenvalue weighted by atomic mass is 10.1. The maximum absolute atomic E-state index is 13.6. The predicted molar refractivity (Wildman–Crippen MR) is 67.7 cm³/mol. The predicted octanol–water partition coefficient (Wildman–Crippen LogP) is 3.36. The monoisotopic (exact) mass is 261 g/mol. The topological polar surface area (TPSA) is 48.7 Å². The highest BCUT2D eigenvalue weighted by Crippen LogP contribution is 2.19. The minimum atomic E-state index is -0.423. The molecule has 2 rings (SSSR count). The number of hydrogen-bond acceptors (Lipinski definition) is 3. The second kappa shape index (κ2) is 5.48. The molecule has 0 aliphatic rings. The third-order valence-electron chi connectivity index (χ3n) is 2.39. The first-order chi connectivity index (χ1) is 8.70. The molecular formula is C13H9ClFN3. The Balaban J connectivity index is 2.12. The molecule has 5 heteroatoms. The van der Waals surface area contributed by atoms with E-state index in [4.69, 9.17) is 16.9 Å². The first kappa shape index (κ1) is 12.3. The van der Waals surface area contributed by atoms with Crippen LogP contribution in [0.15, 0.2) is 36.5 Å². The first-order valence-electron chi connectivity index (χ1n) is 5.23. The molecule has 90 valence electrons. The van der Waals surface area contributed by atoms with Gasteiger partial charge in [0.05, 0.1) is 16.7 Å². The van der Waals surface area contributed by atoms with Gasteiger partial charge in [0.15, 0.2) is 0 Å². The molecule has 3 nitrogen and oxygen atoms in total. The Kier molecular flexibility index (Phi) is 3.75. The standard InChI is InChI=1S/C13H9ClFN3/c14-11-2-1-5-17-13(11)18-8-10-4-3-9(7-16)6-12(10)15/h1-6H,8H2,(H,17,18). The van der Waals surface area contributed by atoms with Crippen molar-refractivity contribution in [1.29, 1.82) is 5.26 Å².